The Hall–Kier alpha value is -2.87. The minimum Gasteiger partial charge on any atom is -0.494 e. The molecule has 8 heteroatoms. The number of nitrogens with zero attached hydrogens (tertiary/aromatic N) is 2. The zero-order valence-corrected chi connectivity index (χ0v) is 17.9. The maximum Gasteiger partial charge on any atom is 0.264 e. The Balaban J connectivity index is 1.84. The van der Waals surface area contributed by atoms with Gasteiger partial charge >= 0.3 is 0 Å². The van der Waals surface area contributed by atoms with E-state index in [4.69, 9.17) is 4.74 Å². The Morgan fingerprint density at radius 2 is 1.70 bits per heavy atom. The van der Waals surface area contributed by atoms with Crippen molar-refractivity contribution >= 4 is 27.3 Å². The van der Waals surface area contributed by atoms with Crippen LogP contribution in [0.4, 0.5) is 5.69 Å². The van der Waals surface area contributed by atoms with E-state index in [2.05, 4.69) is 10.5 Å². The summed E-state index contributed by atoms with van der Waals surface area (Å²) in [6.45, 7) is 2.01. The fourth-order valence-electron chi connectivity index (χ4n) is 3.29. The van der Waals surface area contributed by atoms with E-state index in [-0.39, 0.29) is 11.4 Å². The second-order valence-electron chi connectivity index (χ2n) is 7.03. The SMILES string of the molecule is CCOc1ccc(N(CC(=O)NN=C2CCCCC2)S(=O)(=O)c2ccccc2)cc1. The Labute approximate surface area is 177 Å². The lowest BCUT2D eigenvalue weighted by Gasteiger charge is -2.24. The number of nitrogens with one attached hydrogen (secondary N) is 1. The van der Waals surface area contributed by atoms with Crippen LogP contribution in [0.3, 0.4) is 0 Å². The van der Waals surface area contributed by atoms with Gasteiger partial charge in [-0.1, -0.05) is 24.6 Å². The van der Waals surface area contributed by atoms with E-state index < -0.39 is 15.9 Å². The highest BCUT2D eigenvalue weighted by Gasteiger charge is 2.27. The quantitative estimate of drug-likeness (QED) is 0.648. The normalized spacial score (nSPS) is 14.1. The molecular formula is C22H27N3O4S. The highest BCUT2D eigenvalue weighted by molar-refractivity contribution is 7.92. The van der Waals surface area contributed by atoms with Crippen molar-refractivity contribution in [1.82, 2.24) is 5.43 Å². The van der Waals surface area contributed by atoms with E-state index in [1.54, 1.807) is 42.5 Å². The van der Waals surface area contributed by atoms with Crippen molar-refractivity contribution in [1.29, 1.82) is 0 Å². The number of hydrazone groups is 1. The van der Waals surface area contributed by atoms with Crippen LogP contribution < -0.4 is 14.5 Å². The number of ether oxygens (including phenoxy) is 1. The molecule has 0 unspecified atom stereocenters. The van der Waals surface area contributed by atoms with E-state index in [1.165, 1.54) is 18.6 Å². The van der Waals surface area contributed by atoms with Gasteiger partial charge in [0.15, 0.2) is 0 Å². The lowest BCUT2D eigenvalue weighted by molar-refractivity contribution is -0.119. The fraction of sp³-hybridized carbons (Fsp3) is 0.364. The Kier molecular flexibility index (Phi) is 7.46. The average Bonchev–Trinajstić information content (AvgIpc) is 2.78. The number of sulfonamides is 1. The minimum atomic E-state index is -3.93. The summed E-state index contributed by atoms with van der Waals surface area (Å²) >= 11 is 0. The molecule has 7 nitrogen and oxygen atoms in total. The van der Waals surface area contributed by atoms with Crippen molar-refractivity contribution < 1.29 is 17.9 Å². The third-order valence-corrected chi connectivity index (χ3v) is 6.61. The molecule has 1 amide bonds. The molecule has 3 rings (SSSR count). The number of carbonyl (C=O) groups is 1. The number of carbonyl (C=O) groups excluding carboxylic acids is 1. The summed E-state index contributed by atoms with van der Waals surface area (Å²) in [5.41, 5.74) is 3.86. The van der Waals surface area contributed by atoms with Crippen LogP contribution in [0.25, 0.3) is 0 Å². The van der Waals surface area contributed by atoms with Crippen molar-refractivity contribution in [3.8, 4) is 5.75 Å². The molecule has 1 fully saturated rings. The number of rotatable bonds is 8. The largest absolute Gasteiger partial charge is 0.494 e. The van der Waals surface area contributed by atoms with Crippen LogP contribution in [0.1, 0.15) is 39.0 Å². The predicted molar refractivity (Wildman–Crippen MR) is 117 cm³/mol. The maximum absolute atomic E-state index is 13.3. The summed E-state index contributed by atoms with van der Waals surface area (Å²) in [7, 11) is -3.93. The van der Waals surface area contributed by atoms with Gasteiger partial charge in [0, 0.05) is 5.71 Å². The van der Waals surface area contributed by atoms with Crippen LogP contribution >= 0.6 is 0 Å². The summed E-state index contributed by atoms with van der Waals surface area (Å²) in [5.74, 6) is 0.146. The zero-order valence-electron chi connectivity index (χ0n) is 17.1. The molecule has 1 aliphatic carbocycles. The predicted octanol–water partition coefficient (Wildman–Crippen LogP) is 3.72. The first-order valence-corrected chi connectivity index (χ1v) is 11.6. The molecule has 1 aliphatic rings. The molecule has 1 saturated carbocycles. The van der Waals surface area contributed by atoms with E-state index in [1.807, 2.05) is 6.92 Å². The summed E-state index contributed by atoms with van der Waals surface area (Å²) in [4.78, 5) is 12.7. The van der Waals surface area contributed by atoms with Crippen LogP contribution in [-0.4, -0.2) is 33.2 Å². The first-order valence-electron chi connectivity index (χ1n) is 10.2. The van der Waals surface area contributed by atoms with Gasteiger partial charge in [0.2, 0.25) is 0 Å². The fourth-order valence-corrected chi connectivity index (χ4v) is 4.73. The van der Waals surface area contributed by atoms with Gasteiger partial charge in [0.05, 0.1) is 17.2 Å². The molecule has 1 N–H and O–H groups in total. The molecule has 2 aromatic carbocycles. The Morgan fingerprint density at radius 3 is 2.33 bits per heavy atom. The lowest BCUT2D eigenvalue weighted by Crippen LogP contribution is -2.39. The highest BCUT2D eigenvalue weighted by Crippen LogP contribution is 2.25. The summed E-state index contributed by atoms with van der Waals surface area (Å²) in [6, 6.07) is 14.7. The lowest BCUT2D eigenvalue weighted by atomic mass is 9.99. The molecule has 160 valence electrons. The van der Waals surface area contributed by atoms with Gasteiger partial charge in [-0.15, -0.1) is 0 Å². The maximum atomic E-state index is 13.3. The van der Waals surface area contributed by atoms with Crippen molar-refractivity contribution in [2.45, 2.75) is 43.9 Å². The van der Waals surface area contributed by atoms with Crippen molar-refractivity contribution in [2.75, 3.05) is 17.5 Å². The standard InChI is InChI=1S/C22H27N3O4S/c1-2-29-20-15-13-19(14-16-20)25(30(27,28)21-11-7-4-8-12-21)17-22(26)24-23-18-9-5-3-6-10-18/h4,7-8,11-16H,2-3,5-6,9-10,17H2,1H3,(H,24,26). The molecule has 0 atom stereocenters. The molecule has 0 radical (unpaired) electrons. The van der Waals surface area contributed by atoms with Gasteiger partial charge in [-0.05, 0) is 69.0 Å². The number of benzene rings is 2. The van der Waals surface area contributed by atoms with Gasteiger partial charge in [-0.25, -0.2) is 13.8 Å². The van der Waals surface area contributed by atoms with Gasteiger partial charge in [0.1, 0.15) is 12.3 Å². The monoisotopic (exact) mass is 429 g/mol. The van der Waals surface area contributed by atoms with Gasteiger partial charge in [-0.3, -0.25) is 9.10 Å². The number of hydrogen-bond acceptors (Lipinski definition) is 5. The number of hydrogen-bond donors (Lipinski definition) is 1. The summed E-state index contributed by atoms with van der Waals surface area (Å²) in [6.07, 6.45) is 5.04. The molecule has 2 aromatic rings. The van der Waals surface area contributed by atoms with E-state index in [0.29, 0.717) is 18.0 Å². The van der Waals surface area contributed by atoms with Crippen LogP contribution in [0.15, 0.2) is 64.6 Å². The van der Waals surface area contributed by atoms with Crippen LogP contribution in [0, 0.1) is 0 Å². The number of anilines is 1. The summed E-state index contributed by atoms with van der Waals surface area (Å²) in [5, 5.41) is 4.20. The smallest absolute Gasteiger partial charge is 0.264 e. The molecule has 30 heavy (non-hydrogen) atoms. The van der Waals surface area contributed by atoms with Crippen molar-refractivity contribution in [3.63, 3.8) is 0 Å². The van der Waals surface area contributed by atoms with E-state index in [9.17, 15) is 13.2 Å². The van der Waals surface area contributed by atoms with Crippen molar-refractivity contribution in [2.24, 2.45) is 5.10 Å². The molecule has 0 heterocycles. The molecule has 0 aromatic heterocycles. The van der Waals surface area contributed by atoms with Crippen LogP contribution in [-0.2, 0) is 14.8 Å². The third kappa shape index (κ3) is 5.60. The molecule has 0 spiro atoms. The average molecular weight is 430 g/mol. The Morgan fingerprint density at radius 1 is 1.03 bits per heavy atom. The molecule has 0 saturated heterocycles. The first-order chi connectivity index (χ1) is 14.5. The third-order valence-electron chi connectivity index (χ3n) is 4.82. The minimum absolute atomic E-state index is 0.116. The van der Waals surface area contributed by atoms with Gasteiger partial charge in [-0.2, -0.15) is 5.10 Å². The molecule has 0 bridgehead atoms. The topological polar surface area (TPSA) is 88.1 Å². The summed E-state index contributed by atoms with van der Waals surface area (Å²) < 4.78 is 33.1. The first kappa shape index (κ1) is 21.8. The van der Waals surface area contributed by atoms with Crippen LogP contribution in [0.2, 0.25) is 0 Å². The second kappa shape index (κ2) is 10.2. The van der Waals surface area contributed by atoms with Gasteiger partial charge in [0.25, 0.3) is 15.9 Å². The second-order valence-corrected chi connectivity index (χ2v) is 8.89. The zero-order chi connectivity index (χ0) is 21.4. The molecular weight excluding hydrogens is 402 g/mol. The highest BCUT2D eigenvalue weighted by atomic mass is 32.2. The molecule has 0 aliphatic heterocycles. The Bertz CT molecular complexity index is 965. The van der Waals surface area contributed by atoms with E-state index in [0.717, 1.165) is 35.7 Å². The van der Waals surface area contributed by atoms with Gasteiger partial charge < -0.3 is 4.74 Å². The number of amides is 1. The van der Waals surface area contributed by atoms with Crippen LogP contribution in [0.5, 0.6) is 5.75 Å². The van der Waals surface area contributed by atoms with Crippen molar-refractivity contribution in [3.05, 3.63) is 54.6 Å². The van der Waals surface area contributed by atoms with E-state index >= 15 is 0 Å².